The van der Waals surface area contributed by atoms with Gasteiger partial charge in [-0.2, -0.15) is 11.3 Å². The van der Waals surface area contributed by atoms with Crippen molar-refractivity contribution in [1.82, 2.24) is 10.5 Å². The lowest BCUT2D eigenvalue weighted by atomic mass is 10.1. The van der Waals surface area contributed by atoms with E-state index in [1.807, 2.05) is 41.1 Å². The number of rotatable bonds is 8. The molecule has 0 saturated heterocycles. The van der Waals surface area contributed by atoms with E-state index in [0.29, 0.717) is 12.3 Å². The van der Waals surface area contributed by atoms with Crippen molar-refractivity contribution >= 4 is 33.0 Å². The fraction of sp³-hybridized carbons (Fsp3) is 0.211. The molecule has 0 radical (unpaired) electrons. The number of thiophene rings is 2. The highest BCUT2D eigenvalue weighted by Crippen LogP contribution is 2.33. The van der Waals surface area contributed by atoms with Crippen LogP contribution in [0.5, 0.6) is 5.75 Å². The fourth-order valence-electron chi connectivity index (χ4n) is 2.62. The Morgan fingerprint density at radius 1 is 1.23 bits per heavy atom. The third kappa shape index (κ3) is 3.96. The Kier molecular flexibility index (Phi) is 5.31. The summed E-state index contributed by atoms with van der Waals surface area (Å²) in [7, 11) is 0. The highest BCUT2D eigenvalue weighted by atomic mass is 32.1. The van der Waals surface area contributed by atoms with E-state index >= 15 is 0 Å². The molecular weight excluding hydrogens is 368 g/mol. The number of ether oxygens (including phenoxy) is 1. The minimum Gasteiger partial charge on any atom is -0.491 e. The van der Waals surface area contributed by atoms with Crippen LogP contribution in [0.15, 0.2) is 57.1 Å². The Morgan fingerprint density at radius 2 is 2.19 bits per heavy atom. The molecule has 0 aliphatic carbocycles. The van der Waals surface area contributed by atoms with Gasteiger partial charge in [-0.3, -0.25) is 0 Å². The van der Waals surface area contributed by atoms with Crippen molar-refractivity contribution in [2.24, 2.45) is 0 Å². The number of fused-ring (bicyclic) bond motifs is 1. The van der Waals surface area contributed by atoms with Gasteiger partial charge >= 0.3 is 0 Å². The van der Waals surface area contributed by atoms with Gasteiger partial charge in [-0.1, -0.05) is 17.3 Å². The lowest BCUT2D eigenvalue weighted by Crippen LogP contribution is -2.31. The molecule has 134 valence electrons. The number of hydrogen-bond donors (Lipinski definition) is 2. The number of nitrogens with one attached hydrogen (secondary N) is 1. The molecule has 0 saturated carbocycles. The quantitative estimate of drug-likeness (QED) is 0.476. The molecule has 0 fully saturated rings. The first kappa shape index (κ1) is 17.2. The van der Waals surface area contributed by atoms with Gasteiger partial charge in [0.2, 0.25) is 0 Å². The minimum atomic E-state index is -0.576. The van der Waals surface area contributed by atoms with Gasteiger partial charge in [-0.25, -0.2) is 0 Å². The van der Waals surface area contributed by atoms with Crippen molar-refractivity contribution in [3.05, 3.63) is 58.1 Å². The zero-order valence-electron chi connectivity index (χ0n) is 13.9. The van der Waals surface area contributed by atoms with Gasteiger partial charge in [-0.05, 0) is 46.0 Å². The summed E-state index contributed by atoms with van der Waals surface area (Å²) in [6.45, 7) is 1.46. The summed E-state index contributed by atoms with van der Waals surface area (Å²) in [5.41, 5.74) is 3.78. The van der Waals surface area contributed by atoms with Gasteiger partial charge in [0.05, 0.1) is 0 Å². The van der Waals surface area contributed by atoms with Crippen molar-refractivity contribution in [1.29, 1.82) is 0 Å². The minimum absolute atomic E-state index is 0.229. The standard InChI is InChI=1S/C19H18N2O3S2/c22-15(10-20-9-13-4-6-25-12-13)11-23-16-3-1-2-14(8-16)18-19-17(24-21-18)5-7-26-19/h1-8,12,15,20,22H,9-11H2. The van der Waals surface area contributed by atoms with E-state index in [-0.39, 0.29) is 6.61 Å². The van der Waals surface area contributed by atoms with Gasteiger partial charge in [0.25, 0.3) is 0 Å². The zero-order valence-corrected chi connectivity index (χ0v) is 15.6. The van der Waals surface area contributed by atoms with Gasteiger partial charge in [0.15, 0.2) is 5.58 Å². The predicted octanol–water partition coefficient (Wildman–Crippen LogP) is 4.15. The molecular formula is C19H18N2O3S2. The summed E-state index contributed by atoms with van der Waals surface area (Å²) in [6, 6.07) is 11.7. The molecule has 1 unspecified atom stereocenters. The number of hydrogen-bond acceptors (Lipinski definition) is 7. The molecule has 1 aromatic carbocycles. The first-order chi connectivity index (χ1) is 12.8. The van der Waals surface area contributed by atoms with Crippen molar-refractivity contribution in [2.45, 2.75) is 12.6 Å². The Labute approximate surface area is 158 Å². The number of nitrogens with zero attached hydrogens (tertiary/aromatic N) is 1. The third-order valence-corrected chi connectivity index (χ3v) is 5.55. The molecule has 7 heteroatoms. The van der Waals surface area contributed by atoms with E-state index in [2.05, 4.69) is 21.9 Å². The van der Waals surface area contributed by atoms with Crippen molar-refractivity contribution in [3.8, 4) is 17.0 Å². The Morgan fingerprint density at radius 3 is 3.08 bits per heavy atom. The smallest absolute Gasteiger partial charge is 0.178 e. The zero-order chi connectivity index (χ0) is 17.8. The molecule has 0 amide bonds. The first-order valence-corrected chi connectivity index (χ1v) is 10.1. The van der Waals surface area contributed by atoms with E-state index in [1.54, 1.807) is 22.7 Å². The highest BCUT2D eigenvalue weighted by Gasteiger charge is 2.12. The molecule has 4 rings (SSSR count). The molecule has 5 nitrogen and oxygen atoms in total. The number of benzene rings is 1. The molecule has 26 heavy (non-hydrogen) atoms. The lowest BCUT2D eigenvalue weighted by molar-refractivity contribution is 0.106. The monoisotopic (exact) mass is 386 g/mol. The maximum atomic E-state index is 10.1. The van der Waals surface area contributed by atoms with Crippen molar-refractivity contribution < 1.29 is 14.4 Å². The van der Waals surface area contributed by atoms with Crippen LogP contribution < -0.4 is 10.1 Å². The second kappa shape index (κ2) is 8.01. The van der Waals surface area contributed by atoms with Gasteiger partial charge in [0, 0.05) is 18.7 Å². The van der Waals surface area contributed by atoms with Gasteiger partial charge in [0.1, 0.15) is 28.9 Å². The van der Waals surface area contributed by atoms with Crippen LogP contribution in [0.25, 0.3) is 21.5 Å². The molecule has 1 atom stereocenters. The largest absolute Gasteiger partial charge is 0.491 e. The van der Waals surface area contributed by atoms with Gasteiger partial charge in [-0.15, -0.1) is 11.3 Å². The normalized spacial score (nSPS) is 12.5. The van der Waals surface area contributed by atoms with Crippen molar-refractivity contribution in [3.63, 3.8) is 0 Å². The van der Waals surface area contributed by atoms with Crippen LogP contribution in [0, 0.1) is 0 Å². The second-order valence-electron chi connectivity index (χ2n) is 5.90. The first-order valence-electron chi connectivity index (χ1n) is 8.25. The number of aliphatic hydroxyl groups is 1. The maximum absolute atomic E-state index is 10.1. The SMILES string of the molecule is OC(CNCc1ccsc1)COc1cccc(-c2noc3ccsc23)c1. The van der Waals surface area contributed by atoms with Crippen LogP contribution in [0.1, 0.15) is 5.56 Å². The van der Waals surface area contributed by atoms with Crippen LogP contribution in [-0.2, 0) is 6.54 Å². The van der Waals surface area contributed by atoms with Crippen LogP contribution in [0.2, 0.25) is 0 Å². The summed E-state index contributed by atoms with van der Waals surface area (Å²) >= 11 is 3.27. The van der Waals surface area contributed by atoms with E-state index < -0.39 is 6.10 Å². The summed E-state index contributed by atoms with van der Waals surface area (Å²) in [4.78, 5) is 0. The lowest BCUT2D eigenvalue weighted by Gasteiger charge is -2.13. The van der Waals surface area contributed by atoms with E-state index in [4.69, 9.17) is 9.26 Å². The summed E-state index contributed by atoms with van der Waals surface area (Å²) in [5, 5.41) is 23.6. The van der Waals surface area contributed by atoms with E-state index in [0.717, 1.165) is 28.1 Å². The summed E-state index contributed by atoms with van der Waals surface area (Å²) in [6.07, 6.45) is -0.576. The predicted molar refractivity (Wildman–Crippen MR) is 105 cm³/mol. The van der Waals surface area contributed by atoms with Crippen LogP contribution >= 0.6 is 22.7 Å². The van der Waals surface area contributed by atoms with Crippen molar-refractivity contribution in [2.75, 3.05) is 13.2 Å². The van der Waals surface area contributed by atoms with E-state index in [9.17, 15) is 5.11 Å². The molecule has 0 aliphatic heterocycles. The fourth-order valence-corrected chi connectivity index (χ4v) is 4.11. The molecule has 4 aromatic rings. The van der Waals surface area contributed by atoms with Crippen LogP contribution in [0.4, 0.5) is 0 Å². The topological polar surface area (TPSA) is 67.5 Å². The second-order valence-corrected chi connectivity index (χ2v) is 7.60. The van der Waals surface area contributed by atoms with E-state index in [1.165, 1.54) is 5.56 Å². The Balaban J connectivity index is 1.33. The third-order valence-electron chi connectivity index (χ3n) is 3.92. The average Bonchev–Trinajstić information content (AvgIpc) is 3.38. The highest BCUT2D eigenvalue weighted by molar-refractivity contribution is 7.17. The maximum Gasteiger partial charge on any atom is 0.178 e. The molecule has 3 aromatic heterocycles. The Bertz CT molecular complexity index is 962. The van der Waals surface area contributed by atoms with Crippen LogP contribution in [0.3, 0.4) is 0 Å². The molecule has 2 N–H and O–H groups in total. The number of aliphatic hydroxyl groups excluding tert-OH is 1. The Hall–Kier alpha value is -2.19. The molecule has 3 heterocycles. The molecule has 0 aliphatic rings. The number of aromatic nitrogens is 1. The van der Waals surface area contributed by atoms with Gasteiger partial charge < -0.3 is 19.7 Å². The summed E-state index contributed by atoms with van der Waals surface area (Å²) < 4.78 is 12.1. The average molecular weight is 386 g/mol. The molecule has 0 bridgehead atoms. The van der Waals surface area contributed by atoms with Crippen LogP contribution in [-0.4, -0.2) is 29.5 Å². The summed E-state index contributed by atoms with van der Waals surface area (Å²) in [5.74, 6) is 0.701. The molecule has 0 spiro atoms.